The van der Waals surface area contributed by atoms with Gasteiger partial charge in [-0.05, 0) is 19.4 Å². The highest BCUT2D eigenvalue weighted by molar-refractivity contribution is 6.30. The lowest BCUT2D eigenvalue weighted by Gasteiger charge is -1.99. The van der Waals surface area contributed by atoms with Crippen LogP contribution in [0.15, 0.2) is 6.07 Å². The first-order chi connectivity index (χ1) is 6.70. The van der Waals surface area contributed by atoms with Gasteiger partial charge in [-0.1, -0.05) is 18.5 Å². The summed E-state index contributed by atoms with van der Waals surface area (Å²) in [5.41, 5.74) is 1.83. The van der Waals surface area contributed by atoms with E-state index in [1.54, 1.807) is 0 Å². The fraction of sp³-hybridized carbons (Fsp3) is 0.400. The number of nitrogens with zero attached hydrogens (tertiary/aromatic N) is 2. The molecule has 2 aromatic heterocycles. The molecule has 3 nitrogen and oxygen atoms in total. The van der Waals surface area contributed by atoms with Crippen LogP contribution in [0.2, 0.25) is 5.15 Å². The lowest BCUT2D eigenvalue weighted by molar-refractivity contribution is 0.835. The molecule has 0 aliphatic carbocycles. The minimum absolute atomic E-state index is 0.617. The van der Waals surface area contributed by atoms with Crippen LogP contribution >= 0.6 is 11.6 Å². The van der Waals surface area contributed by atoms with E-state index in [1.807, 2.05) is 13.0 Å². The highest BCUT2D eigenvalue weighted by atomic mass is 35.5. The number of fused-ring (bicyclic) bond motifs is 1. The SMILES string of the molecule is CCCc1nc(C)c2cc(Cl)[nH]c2n1. The zero-order chi connectivity index (χ0) is 10.1. The van der Waals surface area contributed by atoms with Gasteiger partial charge in [0.25, 0.3) is 0 Å². The molecular formula is C10H12ClN3. The molecule has 2 aromatic rings. The Bertz CT molecular complexity index is 462. The van der Waals surface area contributed by atoms with Gasteiger partial charge in [0.2, 0.25) is 0 Å². The van der Waals surface area contributed by atoms with E-state index in [0.717, 1.165) is 35.4 Å². The van der Waals surface area contributed by atoms with Crippen LogP contribution < -0.4 is 0 Å². The highest BCUT2D eigenvalue weighted by Gasteiger charge is 2.06. The molecule has 4 heteroatoms. The summed E-state index contributed by atoms with van der Waals surface area (Å²) in [7, 11) is 0. The number of aromatic amines is 1. The van der Waals surface area contributed by atoms with Crippen molar-refractivity contribution in [2.75, 3.05) is 0 Å². The molecular weight excluding hydrogens is 198 g/mol. The molecule has 0 unspecified atom stereocenters. The normalized spacial score (nSPS) is 11.1. The molecule has 0 saturated carbocycles. The molecule has 0 fully saturated rings. The first-order valence-electron chi connectivity index (χ1n) is 4.72. The predicted molar refractivity (Wildman–Crippen MR) is 57.6 cm³/mol. The second kappa shape index (κ2) is 3.58. The quantitative estimate of drug-likeness (QED) is 0.827. The van der Waals surface area contributed by atoms with E-state index in [9.17, 15) is 0 Å². The van der Waals surface area contributed by atoms with Gasteiger partial charge in [-0.3, -0.25) is 0 Å². The lowest BCUT2D eigenvalue weighted by Crippen LogP contribution is -1.97. The Balaban J connectivity index is 2.59. The number of H-pyrrole nitrogens is 1. The predicted octanol–water partition coefficient (Wildman–Crippen LogP) is 2.87. The molecule has 0 amide bonds. The minimum Gasteiger partial charge on any atom is -0.330 e. The molecule has 2 heterocycles. The van der Waals surface area contributed by atoms with Crippen molar-refractivity contribution < 1.29 is 0 Å². The summed E-state index contributed by atoms with van der Waals surface area (Å²) >= 11 is 5.86. The van der Waals surface area contributed by atoms with Gasteiger partial charge in [0.05, 0.1) is 5.69 Å². The van der Waals surface area contributed by atoms with E-state index in [1.165, 1.54) is 0 Å². The smallest absolute Gasteiger partial charge is 0.142 e. The van der Waals surface area contributed by atoms with Gasteiger partial charge in [0, 0.05) is 11.8 Å². The third kappa shape index (κ3) is 1.60. The highest BCUT2D eigenvalue weighted by Crippen LogP contribution is 2.19. The second-order valence-corrected chi connectivity index (χ2v) is 3.76. The Morgan fingerprint density at radius 2 is 2.21 bits per heavy atom. The van der Waals surface area contributed by atoms with E-state index in [-0.39, 0.29) is 0 Å². The molecule has 0 saturated heterocycles. The molecule has 74 valence electrons. The van der Waals surface area contributed by atoms with Crippen LogP contribution in [0.25, 0.3) is 11.0 Å². The van der Waals surface area contributed by atoms with Crippen molar-refractivity contribution in [1.29, 1.82) is 0 Å². The van der Waals surface area contributed by atoms with Gasteiger partial charge in [-0.2, -0.15) is 0 Å². The third-order valence-corrected chi connectivity index (χ3v) is 2.37. The van der Waals surface area contributed by atoms with Crippen LogP contribution in [0.3, 0.4) is 0 Å². The minimum atomic E-state index is 0.617. The molecule has 0 aromatic carbocycles. The summed E-state index contributed by atoms with van der Waals surface area (Å²) in [6.45, 7) is 4.10. The number of hydrogen-bond acceptors (Lipinski definition) is 2. The topological polar surface area (TPSA) is 41.6 Å². The van der Waals surface area contributed by atoms with Crippen LogP contribution in [0.1, 0.15) is 24.9 Å². The fourth-order valence-corrected chi connectivity index (χ4v) is 1.72. The van der Waals surface area contributed by atoms with Crippen LogP contribution in [0.5, 0.6) is 0 Å². The van der Waals surface area contributed by atoms with Crippen molar-refractivity contribution >= 4 is 22.6 Å². The van der Waals surface area contributed by atoms with Crippen molar-refractivity contribution in [2.24, 2.45) is 0 Å². The fourth-order valence-electron chi connectivity index (χ4n) is 1.52. The van der Waals surface area contributed by atoms with Crippen molar-refractivity contribution in [3.8, 4) is 0 Å². The largest absolute Gasteiger partial charge is 0.330 e. The van der Waals surface area contributed by atoms with E-state index in [2.05, 4.69) is 21.9 Å². The van der Waals surface area contributed by atoms with Crippen LogP contribution in [-0.4, -0.2) is 15.0 Å². The van der Waals surface area contributed by atoms with E-state index in [0.29, 0.717) is 5.15 Å². The third-order valence-electron chi connectivity index (χ3n) is 2.17. The number of rotatable bonds is 2. The number of nitrogens with one attached hydrogen (secondary N) is 1. The van der Waals surface area contributed by atoms with Gasteiger partial charge in [0.15, 0.2) is 0 Å². The summed E-state index contributed by atoms with van der Waals surface area (Å²) in [6, 6.07) is 1.86. The van der Waals surface area contributed by atoms with E-state index >= 15 is 0 Å². The van der Waals surface area contributed by atoms with Crippen molar-refractivity contribution in [2.45, 2.75) is 26.7 Å². The summed E-state index contributed by atoms with van der Waals surface area (Å²) < 4.78 is 0. The van der Waals surface area contributed by atoms with Crippen molar-refractivity contribution in [1.82, 2.24) is 15.0 Å². The Kier molecular flexibility index (Phi) is 2.42. The molecule has 1 N–H and O–H groups in total. The molecule has 0 aliphatic heterocycles. The second-order valence-electron chi connectivity index (χ2n) is 3.35. The first-order valence-corrected chi connectivity index (χ1v) is 5.10. The number of halogens is 1. The number of hydrogen-bond donors (Lipinski definition) is 1. The average Bonchev–Trinajstić information content (AvgIpc) is 2.47. The first kappa shape index (κ1) is 9.46. The number of aromatic nitrogens is 3. The number of aryl methyl sites for hydroxylation is 2. The molecule has 0 aliphatic rings. The Labute approximate surface area is 87.5 Å². The molecule has 0 bridgehead atoms. The van der Waals surface area contributed by atoms with Gasteiger partial charge in [0.1, 0.15) is 16.6 Å². The molecule has 14 heavy (non-hydrogen) atoms. The zero-order valence-corrected chi connectivity index (χ0v) is 9.02. The molecule has 0 radical (unpaired) electrons. The zero-order valence-electron chi connectivity index (χ0n) is 8.26. The van der Waals surface area contributed by atoms with E-state index in [4.69, 9.17) is 11.6 Å². The van der Waals surface area contributed by atoms with Crippen molar-refractivity contribution in [3.63, 3.8) is 0 Å². The molecule has 0 atom stereocenters. The van der Waals surface area contributed by atoms with E-state index < -0.39 is 0 Å². The summed E-state index contributed by atoms with van der Waals surface area (Å²) in [4.78, 5) is 11.8. The lowest BCUT2D eigenvalue weighted by atomic mass is 10.2. The summed E-state index contributed by atoms with van der Waals surface area (Å²) in [6.07, 6.45) is 1.97. The standard InChI is InChI=1S/C10H12ClN3/c1-3-4-9-12-6(2)7-5-8(11)13-10(7)14-9/h5H,3-4H2,1-2H3,(H,12,13,14). The summed E-state index contributed by atoms with van der Waals surface area (Å²) in [5.74, 6) is 0.885. The Morgan fingerprint density at radius 3 is 2.93 bits per heavy atom. The maximum Gasteiger partial charge on any atom is 0.142 e. The van der Waals surface area contributed by atoms with Gasteiger partial charge in [-0.15, -0.1) is 0 Å². The molecule has 0 spiro atoms. The maximum atomic E-state index is 5.86. The monoisotopic (exact) mass is 209 g/mol. The summed E-state index contributed by atoms with van der Waals surface area (Å²) in [5, 5.41) is 1.63. The molecule has 2 rings (SSSR count). The average molecular weight is 210 g/mol. The maximum absolute atomic E-state index is 5.86. The van der Waals surface area contributed by atoms with Gasteiger partial charge < -0.3 is 4.98 Å². The van der Waals surface area contributed by atoms with Gasteiger partial charge in [-0.25, -0.2) is 9.97 Å². The Morgan fingerprint density at radius 1 is 1.43 bits per heavy atom. The van der Waals surface area contributed by atoms with Gasteiger partial charge >= 0.3 is 0 Å². The van der Waals surface area contributed by atoms with Crippen LogP contribution in [0, 0.1) is 6.92 Å². The Hall–Kier alpha value is -1.09. The van der Waals surface area contributed by atoms with Crippen LogP contribution in [-0.2, 0) is 6.42 Å². The van der Waals surface area contributed by atoms with Crippen LogP contribution in [0.4, 0.5) is 0 Å². The van der Waals surface area contributed by atoms with Crippen molar-refractivity contribution in [3.05, 3.63) is 22.7 Å².